The molecule has 4 rings (SSSR count). The van der Waals surface area contributed by atoms with Crippen molar-refractivity contribution in [3.63, 3.8) is 0 Å². The van der Waals surface area contributed by atoms with Crippen molar-refractivity contribution in [1.82, 2.24) is 20.1 Å². The van der Waals surface area contributed by atoms with Crippen molar-refractivity contribution in [2.75, 3.05) is 26.7 Å². The van der Waals surface area contributed by atoms with Crippen molar-refractivity contribution < 1.29 is 23.9 Å². The Morgan fingerprint density at radius 1 is 1.30 bits per heavy atom. The Bertz CT molecular complexity index is 1020. The van der Waals surface area contributed by atoms with Crippen LogP contribution in [0.15, 0.2) is 18.2 Å². The number of hydrogen-bond donors (Lipinski definition) is 2. The molecule has 1 saturated heterocycles. The van der Waals surface area contributed by atoms with E-state index in [1.165, 1.54) is 11.9 Å². The number of amides is 4. The van der Waals surface area contributed by atoms with Crippen LogP contribution in [0.4, 0.5) is 9.59 Å². The summed E-state index contributed by atoms with van der Waals surface area (Å²) in [7, 11) is 1.52. The van der Waals surface area contributed by atoms with Gasteiger partial charge in [-0.1, -0.05) is 0 Å². The standard InChI is InChI=1S/C21H26N4O5/c1-21(2,3)30-19(27)22-7-8-29-12-5-6-15-13(9-12)17-14-10-25(11-16(17)23-15)20(28)24(4)18(14)26/h5-6,9,14,23H,7-8,10-11H2,1-4H3,(H,22,27). The number of carbonyl (C=O) groups is 3. The molecule has 9 heteroatoms. The van der Waals surface area contributed by atoms with Gasteiger partial charge in [0.1, 0.15) is 18.0 Å². The number of aromatic amines is 1. The van der Waals surface area contributed by atoms with Crippen LogP contribution in [0.25, 0.3) is 10.9 Å². The highest BCUT2D eigenvalue weighted by molar-refractivity contribution is 6.03. The van der Waals surface area contributed by atoms with Gasteiger partial charge in [0.25, 0.3) is 0 Å². The number of fused-ring (bicyclic) bond motifs is 6. The van der Waals surface area contributed by atoms with E-state index in [1.807, 2.05) is 18.2 Å². The molecule has 1 aromatic carbocycles. The molecule has 2 aromatic rings. The molecule has 2 bridgehead atoms. The maximum atomic E-state index is 12.7. The maximum Gasteiger partial charge on any atom is 0.407 e. The quantitative estimate of drug-likeness (QED) is 0.749. The number of rotatable bonds is 4. The molecule has 2 N–H and O–H groups in total. The van der Waals surface area contributed by atoms with Crippen LogP contribution in [0, 0.1) is 0 Å². The number of aromatic nitrogens is 1. The molecule has 160 valence electrons. The molecule has 0 radical (unpaired) electrons. The van der Waals surface area contributed by atoms with Crippen molar-refractivity contribution >= 4 is 28.9 Å². The number of ether oxygens (including phenoxy) is 2. The zero-order valence-corrected chi connectivity index (χ0v) is 17.6. The van der Waals surface area contributed by atoms with Crippen molar-refractivity contribution in [1.29, 1.82) is 0 Å². The highest BCUT2D eigenvalue weighted by Gasteiger charge is 2.43. The lowest BCUT2D eigenvalue weighted by Gasteiger charge is -2.40. The Hall–Kier alpha value is -3.23. The molecule has 4 amide bonds. The van der Waals surface area contributed by atoms with E-state index in [1.54, 1.807) is 25.7 Å². The molecular formula is C21H26N4O5. The molecule has 0 aliphatic carbocycles. The number of nitrogens with one attached hydrogen (secondary N) is 2. The van der Waals surface area contributed by atoms with Gasteiger partial charge in [0.05, 0.1) is 19.0 Å². The Kier molecular flexibility index (Phi) is 4.83. The van der Waals surface area contributed by atoms with E-state index in [0.717, 1.165) is 22.2 Å². The first-order valence-corrected chi connectivity index (χ1v) is 9.94. The Labute approximate surface area is 174 Å². The van der Waals surface area contributed by atoms with Crippen LogP contribution in [0.3, 0.4) is 0 Å². The summed E-state index contributed by atoms with van der Waals surface area (Å²) in [5, 5.41) is 3.57. The summed E-state index contributed by atoms with van der Waals surface area (Å²) in [5.74, 6) is 0.0747. The molecule has 1 atom stereocenters. The molecule has 3 heterocycles. The van der Waals surface area contributed by atoms with Crippen molar-refractivity contribution in [3.05, 3.63) is 29.5 Å². The lowest BCUT2D eigenvalue weighted by Crippen LogP contribution is -2.55. The molecule has 1 fully saturated rings. The van der Waals surface area contributed by atoms with Gasteiger partial charge in [-0.25, -0.2) is 9.59 Å². The molecule has 9 nitrogen and oxygen atoms in total. The lowest BCUT2D eigenvalue weighted by atomic mass is 9.89. The molecule has 1 unspecified atom stereocenters. The minimum atomic E-state index is -0.547. The van der Waals surface area contributed by atoms with Crippen LogP contribution in [-0.2, 0) is 16.1 Å². The molecule has 2 aliphatic heterocycles. The van der Waals surface area contributed by atoms with Gasteiger partial charge in [0, 0.05) is 30.2 Å². The fourth-order valence-corrected chi connectivity index (χ4v) is 3.95. The van der Waals surface area contributed by atoms with E-state index in [2.05, 4.69) is 10.3 Å². The summed E-state index contributed by atoms with van der Waals surface area (Å²) in [5.41, 5.74) is 2.17. The van der Waals surface area contributed by atoms with Gasteiger partial charge < -0.3 is 24.7 Å². The largest absolute Gasteiger partial charge is 0.492 e. The van der Waals surface area contributed by atoms with Gasteiger partial charge in [0.15, 0.2) is 0 Å². The normalized spacial score (nSPS) is 18.5. The highest BCUT2D eigenvalue weighted by Crippen LogP contribution is 2.39. The van der Waals surface area contributed by atoms with E-state index in [4.69, 9.17) is 9.47 Å². The first kappa shape index (κ1) is 20.1. The molecule has 0 spiro atoms. The number of hydrogen-bond acceptors (Lipinski definition) is 5. The van der Waals surface area contributed by atoms with E-state index < -0.39 is 11.7 Å². The maximum absolute atomic E-state index is 12.7. The molecule has 30 heavy (non-hydrogen) atoms. The summed E-state index contributed by atoms with van der Waals surface area (Å²) < 4.78 is 11.0. The first-order chi connectivity index (χ1) is 14.1. The predicted octanol–water partition coefficient (Wildman–Crippen LogP) is 2.56. The van der Waals surface area contributed by atoms with E-state index >= 15 is 0 Å². The monoisotopic (exact) mass is 414 g/mol. The number of nitrogens with zero attached hydrogens (tertiary/aromatic N) is 2. The fourth-order valence-electron chi connectivity index (χ4n) is 3.95. The van der Waals surface area contributed by atoms with Crippen LogP contribution >= 0.6 is 0 Å². The second-order valence-electron chi connectivity index (χ2n) is 8.61. The lowest BCUT2D eigenvalue weighted by molar-refractivity contribution is -0.132. The topological polar surface area (TPSA) is 104 Å². The van der Waals surface area contributed by atoms with Crippen LogP contribution in [-0.4, -0.2) is 65.2 Å². The molecule has 2 aliphatic rings. The van der Waals surface area contributed by atoms with Gasteiger partial charge in [0.2, 0.25) is 5.91 Å². The SMILES string of the molecule is CN1C(=O)C2CN(Cc3[nH]c4ccc(OCCNC(=O)OC(C)(C)C)cc4c32)C1=O. The Morgan fingerprint density at radius 3 is 2.80 bits per heavy atom. The number of imide groups is 1. The highest BCUT2D eigenvalue weighted by atomic mass is 16.6. The minimum Gasteiger partial charge on any atom is -0.492 e. The first-order valence-electron chi connectivity index (χ1n) is 9.94. The van der Waals surface area contributed by atoms with E-state index in [9.17, 15) is 14.4 Å². The van der Waals surface area contributed by atoms with Gasteiger partial charge >= 0.3 is 12.1 Å². The second kappa shape index (κ2) is 7.23. The van der Waals surface area contributed by atoms with Crippen LogP contribution < -0.4 is 10.1 Å². The van der Waals surface area contributed by atoms with E-state index in [0.29, 0.717) is 25.4 Å². The average Bonchev–Trinajstić information content (AvgIpc) is 3.04. The third kappa shape index (κ3) is 3.67. The molecule has 0 saturated carbocycles. The second-order valence-corrected chi connectivity index (χ2v) is 8.61. The van der Waals surface area contributed by atoms with Gasteiger partial charge in [-0.15, -0.1) is 0 Å². The summed E-state index contributed by atoms with van der Waals surface area (Å²) in [6.45, 7) is 6.85. The minimum absolute atomic E-state index is 0.189. The zero-order valence-electron chi connectivity index (χ0n) is 17.6. The van der Waals surface area contributed by atoms with Gasteiger partial charge in [-0.3, -0.25) is 9.69 Å². The Morgan fingerprint density at radius 2 is 2.07 bits per heavy atom. The fraction of sp³-hybridized carbons (Fsp3) is 0.476. The summed E-state index contributed by atoms with van der Waals surface area (Å²) in [6.07, 6.45) is -0.486. The number of alkyl carbamates (subject to hydrolysis) is 1. The summed E-state index contributed by atoms with van der Waals surface area (Å²) in [6, 6.07) is 5.38. The van der Waals surface area contributed by atoms with Crippen LogP contribution in [0.1, 0.15) is 37.9 Å². The number of benzene rings is 1. The summed E-state index contributed by atoms with van der Waals surface area (Å²) >= 11 is 0. The average molecular weight is 414 g/mol. The van der Waals surface area contributed by atoms with Crippen LogP contribution in [0.5, 0.6) is 5.75 Å². The Balaban J connectivity index is 1.47. The van der Waals surface area contributed by atoms with Gasteiger partial charge in [-0.2, -0.15) is 0 Å². The third-order valence-electron chi connectivity index (χ3n) is 5.22. The van der Waals surface area contributed by atoms with E-state index in [-0.39, 0.29) is 24.5 Å². The van der Waals surface area contributed by atoms with Crippen molar-refractivity contribution in [2.24, 2.45) is 0 Å². The van der Waals surface area contributed by atoms with Crippen LogP contribution in [0.2, 0.25) is 0 Å². The molecular weight excluding hydrogens is 388 g/mol. The number of H-pyrrole nitrogens is 1. The predicted molar refractivity (Wildman–Crippen MR) is 109 cm³/mol. The van der Waals surface area contributed by atoms with Crippen molar-refractivity contribution in [3.8, 4) is 5.75 Å². The smallest absolute Gasteiger partial charge is 0.407 e. The molecule has 1 aromatic heterocycles. The van der Waals surface area contributed by atoms with Gasteiger partial charge in [-0.05, 0) is 44.5 Å². The summed E-state index contributed by atoms with van der Waals surface area (Å²) in [4.78, 5) is 42.9. The zero-order chi connectivity index (χ0) is 21.6. The number of carbonyl (C=O) groups excluding carboxylic acids is 3. The number of likely N-dealkylation sites (N-methyl/N-ethyl adjacent to an activating group) is 1. The number of urea groups is 1. The van der Waals surface area contributed by atoms with Crippen molar-refractivity contribution in [2.45, 2.75) is 38.8 Å². The third-order valence-corrected chi connectivity index (χ3v) is 5.22.